The zero-order valence-corrected chi connectivity index (χ0v) is 12.4. The van der Waals surface area contributed by atoms with E-state index in [-0.39, 0.29) is 11.7 Å². The second-order valence-corrected chi connectivity index (χ2v) is 5.14. The van der Waals surface area contributed by atoms with E-state index in [1.165, 1.54) is 30.0 Å². The summed E-state index contributed by atoms with van der Waals surface area (Å²) in [5.41, 5.74) is 1.13. The molecule has 0 bridgehead atoms. The topological polar surface area (TPSA) is 61.2 Å². The zero-order valence-electron chi connectivity index (χ0n) is 11.6. The van der Waals surface area contributed by atoms with Gasteiger partial charge in [-0.2, -0.15) is 0 Å². The maximum atomic E-state index is 12.1. The first-order valence-electron chi connectivity index (χ1n) is 6.49. The summed E-state index contributed by atoms with van der Waals surface area (Å²) < 4.78 is 6.74. The van der Waals surface area contributed by atoms with E-state index in [1.807, 2.05) is 0 Å². The van der Waals surface area contributed by atoms with E-state index in [4.69, 9.17) is 16.3 Å². The van der Waals surface area contributed by atoms with Gasteiger partial charge in [0.25, 0.3) is 0 Å². The number of rotatable bonds is 2. The van der Waals surface area contributed by atoms with Crippen molar-refractivity contribution >= 4 is 34.4 Å². The smallest absolute Gasteiger partial charge is 0.343 e. The zero-order chi connectivity index (χ0) is 15.7. The second-order valence-electron chi connectivity index (χ2n) is 4.71. The van der Waals surface area contributed by atoms with Gasteiger partial charge in [-0.05, 0) is 24.3 Å². The standard InChI is InChI=1S/C16H11ClN2O3/c1-10(20)19-5-4-11-6-12(2-3-15(11)19)16(21)22-14-7-13(17)8-18-9-14/h2-9H,1H3. The number of nitrogens with zero attached hydrogens (tertiary/aromatic N) is 2. The third-order valence-corrected chi connectivity index (χ3v) is 3.36. The van der Waals surface area contributed by atoms with Gasteiger partial charge in [0.1, 0.15) is 0 Å². The number of benzene rings is 1. The summed E-state index contributed by atoms with van der Waals surface area (Å²) in [4.78, 5) is 27.5. The Bertz CT molecular complexity index is 886. The van der Waals surface area contributed by atoms with Crippen molar-refractivity contribution in [1.82, 2.24) is 9.55 Å². The maximum Gasteiger partial charge on any atom is 0.343 e. The molecule has 0 N–H and O–H groups in total. The molecule has 3 aromatic rings. The summed E-state index contributed by atoms with van der Waals surface area (Å²) >= 11 is 5.80. The monoisotopic (exact) mass is 314 g/mol. The van der Waals surface area contributed by atoms with E-state index in [9.17, 15) is 9.59 Å². The lowest BCUT2D eigenvalue weighted by Gasteiger charge is -2.05. The number of ether oxygens (including phenoxy) is 1. The molecule has 5 nitrogen and oxygen atoms in total. The van der Waals surface area contributed by atoms with Crippen LogP contribution in [-0.4, -0.2) is 21.4 Å². The molecular formula is C16H11ClN2O3. The number of hydrogen-bond donors (Lipinski definition) is 0. The molecule has 110 valence electrons. The van der Waals surface area contributed by atoms with Gasteiger partial charge in [0.2, 0.25) is 5.91 Å². The minimum atomic E-state index is -0.512. The first-order valence-corrected chi connectivity index (χ1v) is 6.87. The molecule has 1 aromatic carbocycles. The molecule has 0 spiro atoms. The minimum Gasteiger partial charge on any atom is -0.421 e. The highest BCUT2D eigenvalue weighted by molar-refractivity contribution is 6.30. The number of hydrogen-bond acceptors (Lipinski definition) is 4. The van der Waals surface area contributed by atoms with Crippen molar-refractivity contribution in [3.8, 4) is 5.75 Å². The number of carbonyl (C=O) groups is 2. The van der Waals surface area contributed by atoms with Gasteiger partial charge in [0.15, 0.2) is 5.75 Å². The Balaban J connectivity index is 1.90. The summed E-state index contributed by atoms with van der Waals surface area (Å²) in [5, 5.41) is 1.17. The third-order valence-electron chi connectivity index (χ3n) is 3.16. The summed E-state index contributed by atoms with van der Waals surface area (Å²) in [6, 6.07) is 8.28. The van der Waals surface area contributed by atoms with E-state index in [1.54, 1.807) is 30.5 Å². The number of pyridine rings is 1. The molecule has 2 aromatic heterocycles. The van der Waals surface area contributed by atoms with E-state index in [0.29, 0.717) is 10.6 Å². The van der Waals surface area contributed by atoms with Crippen LogP contribution in [0.25, 0.3) is 10.9 Å². The molecule has 0 atom stereocenters. The predicted molar refractivity (Wildman–Crippen MR) is 82.4 cm³/mol. The molecule has 22 heavy (non-hydrogen) atoms. The van der Waals surface area contributed by atoms with Crippen molar-refractivity contribution in [3.63, 3.8) is 0 Å². The largest absolute Gasteiger partial charge is 0.421 e. The molecule has 0 aliphatic rings. The molecule has 0 fully saturated rings. The summed E-state index contributed by atoms with van der Waals surface area (Å²) in [6.45, 7) is 1.48. The van der Waals surface area contributed by atoms with E-state index in [0.717, 1.165) is 10.9 Å². The quantitative estimate of drug-likeness (QED) is 0.678. The summed E-state index contributed by atoms with van der Waals surface area (Å²) in [5.74, 6) is -0.323. The molecule has 0 saturated carbocycles. The Morgan fingerprint density at radius 1 is 1.18 bits per heavy atom. The number of carbonyl (C=O) groups excluding carboxylic acids is 2. The predicted octanol–water partition coefficient (Wildman–Crippen LogP) is 3.57. The molecule has 2 heterocycles. The lowest BCUT2D eigenvalue weighted by atomic mass is 10.1. The lowest BCUT2D eigenvalue weighted by molar-refractivity contribution is 0.0734. The number of esters is 1. The Morgan fingerprint density at radius 3 is 2.73 bits per heavy atom. The van der Waals surface area contributed by atoms with Crippen LogP contribution >= 0.6 is 11.6 Å². The average Bonchev–Trinajstić information content (AvgIpc) is 2.90. The molecule has 0 radical (unpaired) electrons. The van der Waals surface area contributed by atoms with Crippen LogP contribution in [0.15, 0.2) is 48.9 Å². The first kappa shape index (κ1) is 14.3. The molecule has 0 aliphatic carbocycles. The van der Waals surface area contributed by atoms with Crippen molar-refractivity contribution in [1.29, 1.82) is 0 Å². The van der Waals surface area contributed by atoms with Crippen molar-refractivity contribution in [2.24, 2.45) is 0 Å². The molecule has 0 aliphatic heterocycles. The Morgan fingerprint density at radius 2 is 2.00 bits per heavy atom. The van der Waals surface area contributed by atoms with Gasteiger partial charge in [-0.1, -0.05) is 11.6 Å². The van der Waals surface area contributed by atoms with Crippen LogP contribution in [0.5, 0.6) is 5.75 Å². The molecule has 0 saturated heterocycles. The highest BCUT2D eigenvalue weighted by atomic mass is 35.5. The second kappa shape index (κ2) is 5.61. The van der Waals surface area contributed by atoms with Crippen molar-refractivity contribution in [2.75, 3.05) is 0 Å². The van der Waals surface area contributed by atoms with Crippen molar-refractivity contribution in [2.45, 2.75) is 6.92 Å². The Hall–Kier alpha value is -2.66. The van der Waals surface area contributed by atoms with Gasteiger partial charge in [0.05, 0.1) is 22.3 Å². The van der Waals surface area contributed by atoms with Crippen LogP contribution in [0.2, 0.25) is 5.02 Å². The maximum absolute atomic E-state index is 12.1. The highest BCUT2D eigenvalue weighted by Crippen LogP contribution is 2.20. The van der Waals surface area contributed by atoms with Crippen LogP contribution < -0.4 is 4.74 Å². The van der Waals surface area contributed by atoms with Crippen LogP contribution in [0, 0.1) is 0 Å². The Labute approximate surface area is 131 Å². The number of fused-ring (bicyclic) bond motifs is 1. The molecule has 0 amide bonds. The van der Waals surface area contributed by atoms with E-state index in [2.05, 4.69) is 4.98 Å². The van der Waals surface area contributed by atoms with Gasteiger partial charge >= 0.3 is 5.97 Å². The fourth-order valence-electron chi connectivity index (χ4n) is 2.16. The Kier molecular flexibility index (Phi) is 3.65. The van der Waals surface area contributed by atoms with E-state index >= 15 is 0 Å². The average molecular weight is 315 g/mol. The van der Waals surface area contributed by atoms with Crippen LogP contribution in [0.1, 0.15) is 22.1 Å². The molecule has 6 heteroatoms. The fraction of sp³-hybridized carbons (Fsp3) is 0.0625. The van der Waals surface area contributed by atoms with Gasteiger partial charge in [-0.3, -0.25) is 14.3 Å². The minimum absolute atomic E-state index is 0.0877. The van der Waals surface area contributed by atoms with Crippen LogP contribution in [0.3, 0.4) is 0 Å². The molecule has 0 unspecified atom stereocenters. The highest BCUT2D eigenvalue weighted by Gasteiger charge is 2.12. The third kappa shape index (κ3) is 2.71. The van der Waals surface area contributed by atoms with E-state index < -0.39 is 5.97 Å². The SMILES string of the molecule is CC(=O)n1ccc2cc(C(=O)Oc3cncc(Cl)c3)ccc21. The fourth-order valence-corrected chi connectivity index (χ4v) is 2.32. The summed E-state index contributed by atoms with van der Waals surface area (Å²) in [7, 11) is 0. The number of halogens is 1. The van der Waals surface area contributed by atoms with Crippen LogP contribution in [0.4, 0.5) is 0 Å². The van der Waals surface area contributed by atoms with Gasteiger partial charge in [-0.25, -0.2) is 4.79 Å². The summed E-state index contributed by atoms with van der Waals surface area (Å²) in [6.07, 6.45) is 4.53. The first-order chi connectivity index (χ1) is 10.5. The normalized spacial score (nSPS) is 10.6. The van der Waals surface area contributed by atoms with Gasteiger partial charge in [0, 0.05) is 30.8 Å². The molecular weight excluding hydrogens is 304 g/mol. The van der Waals surface area contributed by atoms with Crippen molar-refractivity contribution < 1.29 is 14.3 Å². The number of aromatic nitrogens is 2. The van der Waals surface area contributed by atoms with Gasteiger partial charge < -0.3 is 4.74 Å². The lowest BCUT2D eigenvalue weighted by Crippen LogP contribution is -2.09. The molecule has 3 rings (SSSR count). The van der Waals surface area contributed by atoms with Crippen molar-refractivity contribution in [3.05, 3.63) is 59.5 Å². The van der Waals surface area contributed by atoms with Gasteiger partial charge in [-0.15, -0.1) is 0 Å². The van der Waals surface area contributed by atoms with Crippen LogP contribution in [-0.2, 0) is 0 Å².